The van der Waals surface area contributed by atoms with Gasteiger partial charge in [0, 0.05) is 19.0 Å². The summed E-state index contributed by atoms with van der Waals surface area (Å²) in [6.07, 6.45) is 1.85. The molecule has 2 rings (SSSR count). The molecule has 0 spiro atoms. The molecule has 1 aliphatic heterocycles. The quantitative estimate of drug-likeness (QED) is 0.839. The number of nitrogens with zero attached hydrogens (tertiary/aromatic N) is 1. The molecule has 1 aromatic rings. The molecule has 0 amide bonds. The SMILES string of the molecule is COc1ccc(Cl)c(N2CCCC2=N)c1. The third-order valence-electron chi connectivity index (χ3n) is 2.57. The lowest BCUT2D eigenvalue weighted by Crippen LogP contribution is -2.23. The fourth-order valence-electron chi connectivity index (χ4n) is 1.77. The highest BCUT2D eigenvalue weighted by Gasteiger charge is 2.20. The Kier molecular flexibility index (Phi) is 2.82. The van der Waals surface area contributed by atoms with Crippen molar-refractivity contribution in [2.24, 2.45) is 0 Å². The van der Waals surface area contributed by atoms with Gasteiger partial charge in [0.25, 0.3) is 0 Å². The number of anilines is 1. The average molecular weight is 225 g/mol. The minimum atomic E-state index is 0.630. The number of rotatable bonds is 2. The van der Waals surface area contributed by atoms with Gasteiger partial charge < -0.3 is 9.64 Å². The van der Waals surface area contributed by atoms with Crippen molar-refractivity contribution in [2.45, 2.75) is 12.8 Å². The lowest BCUT2D eigenvalue weighted by atomic mass is 10.2. The lowest BCUT2D eigenvalue weighted by Gasteiger charge is -2.19. The van der Waals surface area contributed by atoms with Crippen molar-refractivity contribution in [1.82, 2.24) is 0 Å². The third kappa shape index (κ3) is 1.92. The number of methoxy groups -OCH3 is 1. The molecule has 0 bridgehead atoms. The fourth-order valence-corrected chi connectivity index (χ4v) is 1.99. The van der Waals surface area contributed by atoms with Crippen molar-refractivity contribution in [3.63, 3.8) is 0 Å². The van der Waals surface area contributed by atoms with Crippen LogP contribution in [0.4, 0.5) is 5.69 Å². The smallest absolute Gasteiger partial charge is 0.121 e. The molecule has 15 heavy (non-hydrogen) atoms. The zero-order valence-electron chi connectivity index (χ0n) is 8.59. The molecule has 0 radical (unpaired) electrons. The molecule has 0 unspecified atom stereocenters. The van der Waals surface area contributed by atoms with Gasteiger partial charge in [-0.15, -0.1) is 0 Å². The van der Waals surface area contributed by atoms with Gasteiger partial charge in [-0.3, -0.25) is 5.41 Å². The molecule has 0 saturated carbocycles. The summed E-state index contributed by atoms with van der Waals surface area (Å²) in [5.74, 6) is 1.40. The van der Waals surface area contributed by atoms with Crippen molar-refractivity contribution < 1.29 is 4.74 Å². The van der Waals surface area contributed by atoms with Gasteiger partial charge in [-0.05, 0) is 18.6 Å². The molecule has 1 fully saturated rings. The van der Waals surface area contributed by atoms with Crippen LogP contribution in [0.2, 0.25) is 5.02 Å². The minimum Gasteiger partial charge on any atom is -0.497 e. The van der Waals surface area contributed by atoms with E-state index in [1.54, 1.807) is 13.2 Å². The van der Waals surface area contributed by atoms with E-state index in [0.29, 0.717) is 10.9 Å². The van der Waals surface area contributed by atoms with Crippen molar-refractivity contribution in [3.8, 4) is 5.75 Å². The van der Waals surface area contributed by atoms with Crippen molar-refractivity contribution >= 4 is 23.1 Å². The number of nitrogens with one attached hydrogen (secondary N) is 1. The van der Waals surface area contributed by atoms with Gasteiger partial charge in [-0.25, -0.2) is 0 Å². The Balaban J connectivity index is 2.37. The second-order valence-electron chi connectivity index (χ2n) is 3.52. The molecule has 80 valence electrons. The molecule has 4 heteroatoms. The maximum absolute atomic E-state index is 7.79. The zero-order valence-corrected chi connectivity index (χ0v) is 9.34. The van der Waals surface area contributed by atoms with Crippen LogP contribution in [-0.4, -0.2) is 19.5 Å². The van der Waals surface area contributed by atoms with Crippen molar-refractivity contribution in [2.75, 3.05) is 18.6 Å². The molecular formula is C11H13ClN2O. The maximum Gasteiger partial charge on any atom is 0.121 e. The summed E-state index contributed by atoms with van der Waals surface area (Å²) in [6, 6.07) is 5.51. The Hall–Kier alpha value is -1.22. The standard InChI is InChI=1S/C11H13ClN2O/c1-15-8-4-5-9(12)10(7-8)14-6-2-3-11(14)13/h4-5,7,13H,2-3,6H2,1H3. The summed E-state index contributed by atoms with van der Waals surface area (Å²) < 4.78 is 5.15. The molecule has 1 aromatic carbocycles. The normalized spacial score (nSPS) is 15.9. The van der Waals surface area contributed by atoms with Crippen LogP contribution in [0.5, 0.6) is 5.75 Å². The van der Waals surface area contributed by atoms with Crippen LogP contribution in [0.15, 0.2) is 18.2 Å². The molecule has 3 nitrogen and oxygen atoms in total. The number of hydrogen-bond donors (Lipinski definition) is 1. The highest BCUT2D eigenvalue weighted by Crippen LogP contribution is 2.32. The lowest BCUT2D eigenvalue weighted by molar-refractivity contribution is 0.415. The Morgan fingerprint density at radius 2 is 2.27 bits per heavy atom. The summed E-state index contributed by atoms with van der Waals surface area (Å²) in [4.78, 5) is 1.94. The van der Waals surface area contributed by atoms with E-state index >= 15 is 0 Å². The first-order chi connectivity index (χ1) is 7.22. The Morgan fingerprint density at radius 1 is 1.47 bits per heavy atom. The second-order valence-corrected chi connectivity index (χ2v) is 3.93. The molecule has 0 aromatic heterocycles. The second kappa shape index (κ2) is 4.11. The van der Waals surface area contributed by atoms with Crippen LogP contribution >= 0.6 is 11.6 Å². The van der Waals surface area contributed by atoms with Crippen molar-refractivity contribution in [1.29, 1.82) is 5.41 Å². The van der Waals surface area contributed by atoms with Crippen LogP contribution in [0.1, 0.15) is 12.8 Å². The number of halogens is 1. The van der Waals surface area contributed by atoms with E-state index in [4.69, 9.17) is 21.7 Å². The predicted octanol–water partition coefficient (Wildman–Crippen LogP) is 2.93. The van der Waals surface area contributed by atoms with Crippen molar-refractivity contribution in [3.05, 3.63) is 23.2 Å². The van der Waals surface area contributed by atoms with Gasteiger partial charge in [0.1, 0.15) is 11.6 Å². The van der Waals surface area contributed by atoms with Crippen LogP contribution in [0, 0.1) is 5.41 Å². The number of ether oxygens (including phenoxy) is 1. The highest BCUT2D eigenvalue weighted by atomic mass is 35.5. The summed E-state index contributed by atoms with van der Waals surface area (Å²) in [5, 5.41) is 8.46. The predicted molar refractivity (Wildman–Crippen MR) is 62.3 cm³/mol. The van der Waals surface area contributed by atoms with E-state index in [-0.39, 0.29) is 0 Å². The van der Waals surface area contributed by atoms with Gasteiger partial charge in [-0.1, -0.05) is 11.6 Å². The Labute approximate surface area is 94.1 Å². The van der Waals surface area contributed by atoms with E-state index in [2.05, 4.69) is 0 Å². The molecule has 1 heterocycles. The highest BCUT2D eigenvalue weighted by molar-refractivity contribution is 6.34. The van der Waals surface area contributed by atoms with Crippen LogP contribution < -0.4 is 9.64 Å². The first kappa shape index (κ1) is 10.3. The summed E-state index contributed by atoms with van der Waals surface area (Å²) in [7, 11) is 1.63. The number of amidine groups is 1. The van der Waals surface area contributed by atoms with Gasteiger partial charge in [0.05, 0.1) is 17.8 Å². The van der Waals surface area contributed by atoms with Crippen LogP contribution in [0.3, 0.4) is 0 Å². The van der Waals surface area contributed by atoms with E-state index < -0.39 is 0 Å². The van der Waals surface area contributed by atoms with Crippen LogP contribution in [0.25, 0.3) is 0 Å². The van der Waals surface area contributed by atoms with E-state index in [9.17, 15) is 0 Å². The fraction of sp³-hybridized carbons (Fsp3) is 0.364. The molecule has 1 N–H and O–H groups in total. The maximum atomic E-state index is 7.79. The van der Waals surface area contributed by atoms with Gasteiger partial charge >= 0.3 is 0 Å². The van der Waals surface area contributed by atoms with E-state index in [0.717, 1.165) is 30.8 Å². The van der Waals surface area contributed by atoms with E-state index in [1.807, 2.05) is 17.0 Å². The summed E-state index contributed by atoms with van der Waals surface area (Å²) in [5.41, 5.74) is 0.874. The Morgan fingerprint density at radius 3 is 2.87 bits per heavy atom. The molecule has 0 atom stereocenters. The number of hydrogen-bond acceptors (Lipinski definition) is 2. The summed E-state index contributed by atoms with van der Waals surface area (Å²) in [6.45, 7) is 0.867. The third-order valence-corrected chi connectivity index (χ3v) is 2.88. The van der Waals surface area contributed by atoms with Gasteiger partial charge in [0.2, 0.25) is 0 Å². The minimum absolute atomic E-state index is 0.630. The largest absolute Gasteiger partial charge is 0.497 e. The Bertz CT molecular complexity index is 392. The first-order valence-electron chi connectivity index (χ1n) is 4.91. The molecule has 1 saturated heterocycles. The first-order valence-corrected chi connectivity index (χ1v) is 5.28. The molecule has 1 aliphatic rings. The van der Waals surface area contributed by atoms with Gasteiger partial charge in [-0.2, -0.15) is 0 Å². The van der Waals surface area contributed by atoms with Gasteiger partial charge in [0.15, 0.2) is 0 Å². The summed E-state index contributed by atoms with van der Waals surface area (Å²) >= 11 is 6.10. The zero-order chi connectivity index (χ0) is 10.8. The average Bonchev–Trinajstić information content (AvgIpc) is 2.65. The monoisotopic (exact) mass is 224 g/mol. The van der Waals surface area contributed by atoms with E-state index in [1.165, 1.54) is 0 Å². The molecular weight excluding hydrogens is 212 g/mol. The topological polar surface area (TPSA) is 36.3 Å². The molecule has 0 aliphatic carbocycles. The number of benzene rings is 1. The van der Waals surface area contributed by atoms with Crippen LogP contribution in [-0.2, 0) is 0 Å².